The van der Waals surface area contributed by atoms with E-state index in [4.69, 9.17) is 11.5 Å². The summed E-state index contributed by atoms with van der Waals surface area (Å²) in [6.45, 7) is 1.59. The Labute approximate surface area is 103 Å². The maximum Gasteiger partial charge on any atom is 0.144 e. The van der Waals surface area contributed by atoms with Gasteiger partial charge in [0, 0.05) is 6.20 Å². The van der Waals surface area contributed by atoms with Gasteiger partial charge in [0.1, 0.15) is 5.84 Å². The second-order valence-corrected chi connectivity index (χ2v) is 4.97. The van der Waals surface area contributed by atoms with Gasteiger partial charge in [0.2, 0.25) is 0 Å². The third-order valence-electron chi connectivity index (χ3n) is 2.33. The number of hydrogen-bond donors (Lipinski definition) is 3. The molecular weight excluding hydrogens is 214 g/mol. The predicted molar refractivity (Wildman–Crippen MR) is 72.0 cm³/mol. The van der Waals surface area contributed by atoms with Crippen molar-refractivity contribution in [3.63, 3.8) is 0 Å². The average molecular weight is 236 g/mol. The Hall–Kier alpha value is -1.75. The van der Waals surface area contributed by atoms with Crippen LogP contribution in [0.3, 0.4) is 0 Å². The highest BCUT2D eigenvalue weighted by Gasteiger charge is 2.07. The molecule has 0 fully saturated rings. The van der Waals surface area contributed by atoms with E-state index in [1.165, 1.54) is 0 Å². The van der Waals surface area contributed by atoms with E-state index in [0.717, 1.165) is 16.7 Å². The molecular formula is C12H22N5+. The molecule has 0 aromatic rings. The normalized spacial score (nSPS) is 19.1. The van der Waals surface area contributed by atoms with Crippen LogP contribution in [0.2, 0.25) is 0 Å². The molecule has 1 aliphatic heterocycles. The summed E-state index contributed by atoms with van der Waals surface area (Å²) in [5.41, 5.74) is 13.0. The second kappa shape index (κ2) is 5.54. The van der Waals surface area contributed by atoms with Crippen molar-refractivity contribution in [1.82, 2.24) is 5.32 Å². The van der Waals surface area contributed by atoms with Gasteiger partial charge in [-0.1, -0.05) is 6.08 Å². The van der Waals surface area contributed by atoms with Gasteiger partial charge in [-0.2, -0.15) is 0 Å². The highest BCUT2D eigenvalue weighted by Crippen LogP contribution is 2.02. The fourth-order valence-corrected chi connectivity index (χ4v) is 1.25. The lowest BCUT2D eigenvalue weighted by Crippen LogP contribution is -2.37. The number of nitrogens with two attached hydrogens (primary N) is 2. The molecule has 5 N–H and O–H groups in total. The highest BCUT2D eigenvalue weighted by molar-refractivity contribution is 5.97. The molecule has 0 saturated heterocycles. The Morgan fingerprint density at radius 3 is 2.53 bits per heavy atom. The van der Waals surface area contributed by atoms with E-state index >= 15 is 0 Å². The van der Waals surface area contributed by atoms with E-state index in [1.807, 2.05) is 24.4 Å². The summed E-state index contributed by atoms with van der Waals surface area (Å²) in [7, 11) is 6.34. The van der Waals surface area contributed by atoms with E-state index < -0.39 is 0 Å². The number of aliphatic imine (C=N–C) groups is 1. The fourth-order valence-electron chi connectivity index (χ4n) is 1.25. The molecule has 0 radical (unpaired) electrons. The molecule has 1 heterocycles. The number of nitrogens with zero attached hydrogens (tertiary/aromatic N) is 2. The van der Waals surface area contributed by atoms with Gasteiger partial charge in [-0.15, -0.1) is 0 Å². The molecule has 17 heavy (non-hydrogen) atoms. The van der Waals surface area contributed by atoms with E-state index in [0.29, 0.717) is 18.1 Å². The number of quaternary nitrogens is 1. The van der Waals surface area contributed by atoms with E-state index in [-0.39, 0.29) is 0 Å². The van der Waals surface area contributed by atoms with Crippen molar-refractivity contribution >= 4 is 5.84 Å². The first-order valence-corrected chi connectivity index (χ1v) is 5.60. The summed E-state index contributed by atoms with van der Waals surface area (Å²) in [6.07, 6.45) is 7.47. The Morgan fingerprint density at radius 2 is 2.00 bits per heavy atom. The molecule has 0 saturated carbocycles. The Balaban J connectivity index is 2.63. The van der Waals surface area contributed by atoms with Gasteiger partial charge in [0.05, 0.1) is 45.6 Å². The lowest BCUT2D eigenvalue weighted by molar-refractivity contribution is -0.868. The summed E-state index contributed by atoms with van der Waals surface area (Å²) in [6, 6.07) is 0. The fraction of sp³-hybridized carbons (Fsp3) is 0.417. The molecule has 5 nitrogen and oxygen atoms in total. The minimum atomic E-state index is 0.390. The van der Waals surface area contributed by atoms with Crippen molar-refractivity contribution in [3.05, 3.63) is 35.8 Å². The summed E-state index contributed by atoms with van der Waals surface area (Å²) in [4.78, 5) is 4.28. The quantitative estimate of drug-likeness (QED) is 0.362. The van der Waals surface area contributed by atoms with E-state index in [1.54, 1.807) is 0 Å². The second-order valence-electron chi connectivity index (χ2n) is 4.97. The van der Waals surface area contributed by atoms with Crippen LogP contribution in [-0.4, -0.2) is 44.6 Å². The van der Waals surface area contributed by atoms with Gasteiger partial charge in [-0.05, 0) is 12.2 Å². The van der Waals surface area contributed by atoms with Crippen LogP contribution in [0.1, 0.15) is 0 Å². The molecule has 0 aromatic carbocycles. The van der Waals surface area contributed by atoms with Crippen molar-refractivity contribution in [3.8, 4) is 0 Å². The third-order valence-corrected chi connectivity index (χ3v) is 2.33. The maximum atomic E-state index is 5.91. The van der Waals surface area contributed by atoms with Crippen LogP contribution in [0.25, 0.3) is 0 Å². The van der Waals surface area contributed by atoms with Gasteiger partial charge < -0.3 is 21.3 Å². The van der Waals surface area contributed by atoms with Crippen molar-refractivity contribution in [2.45, 2.75) is 0 Å². The molecule has 5 heteroatoms. The third kappa shape index (κ3) is 4.74. The Kier molecular flexibility index (Phi) is 4.34. The maximum absolute atomic E-state index is 5.91. The lowest BCUT2D eigenvalue weighted by atomic mass is 10.2. The number of allylic oxidation sites excluding steroid dienone is 3. The summed E-state index contributed by atoms with van der Waals surface area (Å²) >= 11 is 0. The van der Waals surface area contributed by atoms with E-state index in [2.05, 4.69) is 31.5 Å². The molecule has 0 bridgehead atoms. The van der Waals surface area contributed by atoms with Crippen molar-refractivity contribution in [1.29, 1.82) is 0 Å². The SMILES string of the molecule is C[N+](C)(C)CCN=C(N)/C(N)=C1/C=CC=CN1. The molecule has 0 atom stereocenters. The molecule has 94 valence electrons. The summed E-state index contributed by atoms with van der Waals surface area (Å²) in [5, 5.41) is 3.03. The monoisotopic (exact) mass is 236 g/mol. The zero-order valence-electron chi connectivity index (χ0n) is 10.8. The number of dihydropyridines is 1. The predicted octanol–water partition coefficient (Wildman–Crippen LogP) is -0.107. The largest absolute Gasteiger partial charge is 0.394 e. The molecule has 1 rings (SSSR count). The Bertz CT molecular complexity index is 382. The van der Waals surface area contributed by atoms with Crippen molar-refractivity contribution < 1.29 is 4.48 Å². The first kappa shape index (κ1) is 13.3. The van der Waals surface area contributed by atoms with Crippen LogP contribution in [0.15, 0.2) is 40.8 Å². The number of likely N-dealkylation sites (N-methyl/N-ethyl adjacent to an activating group) is 1. The topological polar surface area (TPSA) is 76.4 Å². The molecule has 0 unspecified atom stereocenters. The lowest BCUT2D eigenvalue weighted by Gasteiger charge is -2.22. The zero-order chi connectivity index (χ0) is 12.9. The molecule has 0 amide bonds. The smallest absolute Gasteiger partial charge is 0.144 e. The van der Waals surface area contributed by atoms with Crippen LogP contribution < -0.4 is 16.8 Å². The van der Waals surface area contributed by atoms with Crippen LogP contribution in [-0.2, 0) is 0 Å². The van der Waals surface area contributed by atoms with Crippen molar-refractivity contribution in [2.75, 3.05) is 34.2 Å². The van der Waals surface area contributed by atoms with Crippen LogP contribution in [0, 0.1) is 0 Å². The number of nitrogens with one attached hydrogen (secondary N) is 1. The highest BCUT2D eigenvalue weighted by atomic mass is 15.3. The van der Waals surface area contributed by atoms with Gasteiger partial charge in [-0.3, -0.25) is 4.99 Å². The van der Waals surface area contributed by atoms with E-state index in [9.17, 15) is 0 Å². The van der Waals surface area contributed by atoms with Gasteiger partial charge in [-0.25, -0.2) is 0 Å². The molecule has 0 spiro atoms. The van der Waals surface area contributed by atoms with Gasteiger partial charge in [0.25, 0.3) is 0 Å². The summed E-state index contributed by atoms with van der Waals surface area (Å²) in [5.74, 6) is 0.390. The average Bonchev–Trinajstić information content (AvgIpc) is 2.27. The van der Waals surface area contributed by atoms with Gasteiger partial charge >= 0.3 is 0 Å². The first-order valence-electron chi connectivity index (χ1n) is 5.60. The first-order chi connectivity index (χ1) is 7.90. The molecule has 0 aromatic heterocycles. The minimum Gasteiger partial charge on any atom is -0.394 e. The number of rotatable bonds is 4. The standard InChI is InChI=1S/C12H22N5/c1-17(2,3)9-8-16-12(14)11(13)10-6-4-5-7-15-10/h4-7,15H,8-9,13H2,1-3H3,(H2,14,16)/q+1/b11-10+. The van der Waals surface area contributed by atoms with Crippen LogP contribution >= 0.6 is 0 Å². The van der Waals surface area contributed by atoms with Gasteiger partial charge in [0.15, 0.2) is 0 Å². The molecule has 1 aliphatic rings. The van der Waals surface area contributed by atoms with Crippen LogP contribution in [0.5, 0.6) is 0 Å². The number of hydrogen-bond acceptors (Lipinski definition) is 3. The summed E-state index contributed by atoms with van der Waals surface area (Å²) < 4.78 is 0.855. The zero-order valence-corrected chi connectivity index (χ0v) is 10.8. The minimum absolute atomic E-state index is 0.390. The van der Waals surface area contributed by atoms with Crippen molar-refractivity contribution in [2.24, 2.45) is 16.5 Å². The number of amidine groups is 1. The van der Waals surface area contributed by atoms with Crippen LogP contribution in [0.4, 0.5) is 0 Å². The Morgan fingerprint density at radius 1 is 1.29 bits per heavy atom. The molecule has 0 aliphatic carbocycles.